The van der Waals surface area contributed by atoms with Crippen LogP contribution in [0.3, 0.4) is 0 Å². The smallest absolute Gasteiger partial charge is 0.230 e. The number of anilines is 1. The highest BCUT2D eigenvalue weighted by atomic mass is 32.1. The highest BCUT2D eigenvalue weighted by Gasteiger charge is 2.11. The first-order valence-corrected chi connectivity index (χ1v) is 9.92. The Morgan fingerprint density at radius 1 is 0.963 bits per heavy atom. The minimum atomic E-state index is -0.0435. The molecule has 0 saturated carbocycles. The van der Waals surface area contributed by atoms with E-state index in [0.717, 1.165) is 23.2 Å². The Balaban J connectivity index is 1.49. The summed E-state index contributed by atoms with van der Waals surface area (Å²) in [5.41, 5.74) is 4.26. The van der Waals surface area contributed by atoms with Crippen LogP contribution < -0.4 is 5.32 Å². The normalized spacial score (nSPS) is 10.9. The molecule has 0 spiro atoms. The van der Waals surface area contributed by atoms with Crippen LogP contribution in [0.5, 0.6) is 0 Å². The van der Waals surface area contributed by atoms with Crippen molar-refractivity contribution in [3.8, 4) is 11.3 Å². The van der Waals surface area contributed by atoms with Gasteiger partial charge in [-0.05, 0) is 28.3 Å². The Hall–Kier alpha value is -2.98. The number of aromatic nitrogens is 1. The van der Waals surface area contributed by atoms with Gasteiger partial charge in [0.1, 0.15) is 0 Å². The van der Waals surface area contributed by atoms with Crippen LogP contribution in [0.1, 0.15) is 18.1 Å². The van der Waals surface area contributed by atoms with Crippen LogP contribution in [0.25, 0.3) is 22.0 Å². The summed E-state index contributed by atoms with van der Waals surface area (Å²) in [4.78, 5) is 17.0. The summed E-state index contributed by atoms with van der Waals surface area (Å²) in [7, 11) is 0. The van der Waals surface area contributed by atoms with Crippen molar-refractivity contribution >= 4 is 33.1 Å². The van der Waals surface area contributed by atoms with E-state index in [0.29, 0.717) is 11.6 Å². The largest absolute Gasteiger partial charge is 0.302 e. The second-order valence-corrected chi connectivity index (χ2v) is 7.32. The minimum Gasteiger partial charge on any atom is -0.302 e. The fraction of sp³-hybridized carbons (Fsp3) is 0.130. The van der Waals surface area contributed by atoms with Gasteiger partial charge in [-0.2, -0.15) is 0 Å². The van der Waals surface area contributed by atoms with Gasteiger partial charge in [0.15, 0.2) is 5.13 Å². The molecule has 1 N–H and O–H groups in total. The van der Waals surface area contributed by atoms with Crippen molar-refractivity contribution in [2.45, 2.75) is 19.8 Å². The molecule has 27 heavy (non-hydrogen) atoms. The lowest BCUT2D eigenvalue weighted by Crippen LogP contribution is -2.14. The molecule has 4 aromatic rings. The van der Waals surface area contributed by atoms with Crippen molar-refractivity contribution in [1.82, 2.24) is 4.98 Å². The number of benzene rings is 3. The number of nitrogens with one attached hydrogen (secondary N) is 1. The van der Waals surface area contributed by atoms with Gasteiger partial charge >= 0.3 is 0 Å². The summed E-state index contributed by atoms with van der Waals surface area (Å²) < 4.78 is 0. The van der Waals surface area contributed by atoms with Gasteiger partial charge in [0, 0.05) is 10.9 Å². The van der Waals surface area contributed by atoms with E-state index in [1.165, 1.54) is 27.7 Å². The summed E-state index contributed by atoms with van der Waals surface area (Å²) in [5.74, 6) is -0.0435. The van der Waals surface area contributed by atoms with Crippen LogP contribution in [-0.4, -0.2) is 10.9 Å². The molecule has 0 saturated heterocycles. The van der Waals surface area contributed by atoms with Crippen molar-refractivity contribution in [1.29, 1.82) is 0 Å². The lowest BCUT2D eigenvalue weighted by atomic mass is 10.0. The monoisotopic (exact) mass is 372 g/mol. The first-order chi connectivity index (χ1) is 13.2. The molecule has 0 atom stereocenters. The number of aryl methyl sites for hydroxylation is 1. The van der Waals surface area contributed by atoms with Gasteiger partial charge in [-0.25, -0.2) is 4.98 Å². The van der Waals surface area contributed by atoms with Crippen molar-refractivity contribution in [2.24, 2.45) is 0 Å². The molecule has 3 nitrogen and oxygen atoms in total. The highest BCUT2D eigenvalue weighted by Crippen LogP contribution is 2.31. The van der Waals surface area contributed by atoms with E-state index < -0.39 is 0 Å². The highest BCUT2D eigenvalue weighted by molar-refractivity contribution is 7.14. The summed E-state index contributed by atoms with van der Waals surface area (Å²) in [6.45, 7) is 2.12. The molecule has 4 heteroatoms. The second-order valence-electron chi connectivity index (χ2n) is 6.46. The first-order valence-electron chi connectivity index (χ1n) is 9.04. The van der Waals surface area contributed by atoms with Crippen molar-refractivity contribution in [3.05, 3.63) is 83.2 Å². The van der Waals surface area contributed by atoms with Crippen LogP contribution in [-0.2, 0) is 17.6 Å². The lowest BCUT2D eigenvalue weighted by Gasteiger charge is -2.04. The maximum atomic E-state index is 12.4. The Morgan fingerprint density at radius 2 is 1.70 bits per heavy atom. The number of hydrogen-bond donors (Lipinski definition) is 1. The number of carbonyl (C=O) groups excluding carboxylic acids is 1. The third-order valence-corrected chi connectivity index (χ3v) is 5.37. The van der Waals surface area contributed by atoms with Gasteiger partial charge in [0.05, 0.1) is 12.1 Å². The molecule has 0 radical (unpaired) electrons. The zero-order valence-corrected chi connectivity index (χ0v) is 15.9. The molecule has 0 aliphatic carbocycles. The van der Waals surface area contributed by atoms with E-state index >= 15 is 0 Å². The Bertz CT molecular complexity index is 1080. The number of hydrogen-bond acceptors (Lipinski definition) is 3. The van der Waals surface area contributed by atoms with Crippen molar-refractivity contribution < 1.29 is 4.79 Å². The van der Waals surface area contributed by atoms with Gasteiger partial charge in [0.2, 0.25) is 5.91 Å². The molecule has 134 valence electrons. The number of rotatable bonds is 5. The standard InChI is InChI=1S/C23H20N2OS/c1-2-16-10-12-17(13-11-16)14-22(26)25-23-24-21(15-27-23)20-9-5-7-18-6-3-4-8-19(18)20/h3-13,15H,2,14H2,1H3,(H,24,25,26). The predicted octanol–water partition coefficient (Wildman–Crippen LogP) is 5.71. The molecule has 0 fully saturated rings. The number of carbonyl (C=O) groups is 1. The van der Waals surface area contributed by atoms with Crippen LogP contribution in [0, 0.1) is 0 Å². The first kappa shape index (κ1) is 17.4. The molecule has 0 aliphatic rings. The number of fused-ring (bicyclic) bond motifs is 1. The quantitative estimate of drug-likeness (QED) is 0.488. The zero-order valence-electron chi connectivity index (χ0n) is 15.1. The average Bonchev–Trinajstić information content (AvgIpc) is 3.16. The number of nitrogens with zero attached hydrogens (tertiary/aromatic N) is 1. The average molecular weight is 372 g/mol. The Kier molecular flexibility index (Phi) is 4.99. The molecular weight excluding hydrogens is 352 g/mol. The summed E-state index contributed by atoms with van der Waals surface area (Å²) in [6, 6.07) is 22.6. The summed E-state index contributed by atoms with van der Waals surface area (Å²) in [6.07, 6.45) is 1.36. The van der Waals surface area contributed by atoms with E-state index in [4.69, 9.17) is 0 Å². The van der Waals surface area contributed by atoms with Gasteiger partial charge in [-0.15, -0.1) is 11.3 Å². The van der Waals surface area contributed by atoms with Crippen LogP contribution >= 0.6 is 11.3 Å². The molecule has 0 bridgehead atoms. The Labute approximate surface area is 162 Å². The van der Waals surface area contributed by atoms with Crippen molar-refractivity contribution in [3.63, 3.8) is 0 Å². The minimum absolute atomic E-state index is 0.0435. The van der Waals surface area contributed by atoms with E-state index in [1.807, 2.05) is 35.7 Å². The summed E-state index contributed by atoms with van der Waals surface area (Å²) in [5, 5.41) is 7.90. The second kappa shape index (κ2) is 7.72. The predicted molar refractivity (Wildman–Crippen MR) is 113 cm³/mol. The van der Waals surface area contributed by atoms with Crippen LogP contribution in [0.4, 0.5) is 5.13 Å². The maximum absolute atomic E-state index is 12.4. The van der Waals surface area contributed by atoms with Crippen molar-refractivity contribution in [2.75, 3.05) is 5.32 Å². The molecule has 1 aromatic heterocycles. The van der Waals surface area contributed by atoms with Gasteiger partial charge < -0.3 is 5.32 Å². The molecular formula is C23H20N2OS. The van der Waals surface area contributed by atoms with E-state index in [2.05, 4.69) is 53.6 Å². The Morgan fingerprint density at radius 3 is 2.52 bits per heavy atom. The summed E-state index contributed by atoms with van der Waals surface area (Å²) >= 11 is 1.45. The van der Waals surface area contributed by atoms with E-state index in [1.54, 1.807) is 0 Å². The lowest BCUT2D eigenvalue weighted by molar-refractivity contribution is -0.115. The number of thiazole rings is 1. The third-order valence-electron chi connectivity index (χ3n) is 4.61. The van der Waals surface area contributed by atoms with Gasteiger partial charge in [-0.3, -0.25) is 4.79 Å². The SMILES string of the molecule is CCc1ccc(CC(=O)Nc2nc(-c3cccc4ccccc34)cs2)cc1. The molecule has 4 rings (SSSR count). The molecule has 0 aliphatic heterocycles. The zero-order chi connectivity index (χ0) is 18.6. The molecule has 3 aromatic carbocycles. The van der Waals surface area contributed by atoms with E-state index in [9.17, 15) is 4.79 Å². The molecule has 1 heterocycles. The molecule has 1 amide bonds. The third kappa shape index (κ3) is 3.91. The van der Waals surface area contributed by atoms with Gasteiger partial charge in [0.25, 0.3) is 0 Å². The maximum Gasteiger partial charge on any atom is 0.230 e. The van der Waals surface area contributed by atoms with Crippen LogP contribution in [0.2, 0.25) is 0 Å². The topological polar surface area (TPSA) is 42.0 Å². The fourth-order valence-corrected chi connectivity index (χ4v) is 3.87. The number of amides is 1. The molecule has 0 unspecified atom stereocenters. The van der Waals surface area contributed by atoms with Gasteiger partial charge in [-0.1, -0.05) is 73.7 Å². The fourth-order valence-electron chi connectivity index (χ4n) is 3.15. The van der Waals surface area contributed by atoms with E-state index in [-0.39, 0.29) is 5.91 Å². The van der Waals surface area contributed by atoms with Crippen LogP contribution in [0.15, 0.2) is 72.1 Å².